The van der Waals surface area contributed by atoms with Gasteiger partial charge >= 0.3 is 5.97 Å². The van der Waals surface area contributed by atoms with Crippen LogP contribution in [0, 0.1) is 59.2 Å². The lowest BCUT2D eigenvalue weighted by Gasteiger charge is -2.41. The largest absolute Gasteiger partial charge is 0.480 e. The minimum absolute atomic E-state index is 0.00173. The molecule has 2 heterocycles. The maximum Gasteiger partial charge on any atom is 0.326 e. The van der Waals surface area contributed by atoms with Crippen LogP contribution in [0.25, 0.3) is 0 Å². The number of hydrogen-bond donors (Lipinski definition) is 6. The number of benzene rings is 2. The second kappa shape index (κ2) is 44.7. The number of aliphatic hydroxyl groups excluding tert-OH is 1. The number of Topliss-reactive ketones (excluding diaryl/α,β-unsaturated/α-hetero) is 2. The Labute approximate surface area is 617 Å². The number of amides is 6. The number of methoxy groups -OCH3 is 4. The van der Waals surface area contributed by atoms with E-state index < -0.39 is 96.3 Å². The summed E-state index contributed by atoms with van der Waals surface area (Å²) in [5.74, 6) is -4.74. The van der Waals surface area contributed by atoms with Gasteiger partial charge in [0, 0.05) is 86.7 Å². The van der Waals surface area contributed by atoms with Crippen molar-refractivity contribution in [2.24, 2.45) is 59.2 Å². The SMILES string of the molecule is CC[C@H](C)[C@@H]([C@@H](CC(=O)N1CCC[C@H]1[C@H](OC)[C@@H](C)C(=O)N[C@@H](Cc1ccccc1)C(=O)O)OC)N(C)C(=O)[C@@H](CC(=O)[C@@H](NC)C(C)C)C(C)C.CC[C@H](C)[C@@H]([C@@H](CC(=O)N1CCC[C@H]1[C@H](OC)[C@@H](C)C(=O)N[C@H](C)[C@@H](O)c1ccccc1)OC)N(C)C(=O)[C@@H](CC(=O)[C@@H](NC)C(C)C)C(C)C. The third-order valence-electron chi connectivity index (χ3n) is 22.1. The minimum atomic E-state index is -1.13. The van der Waals surface area contributed by atoms with E-state index in [0.717, 1.165) is 31.2 Å². The number of ketones is 2. The molecule has 4 rings (SSSR count). The molecule has 23 nitrogen and oxygen atoms in total. The van der Waals surface area contributed by atoms with E-state index in [9.17, 15) is 53.4 Å². The summed E-state index contributed by atoms with van der Waals surface area (Å²) in [5.41, 5.74) is 1.50. The van der Waals surface area contributed by atoms with Gasteiger partial charge in [0.2, 0.25) is 35.4 Å². The fourth-order valence-corrected chi connectivity index (χ4v) is 15.5. The molecule has 0 saturated carbocycles. The van der Waals surface area contributed by atoms with Gasteiger partial charge in [-0.15, -0.1) is 0 Å². The maximum atomic E-state index is 14.2. The Kier molecular flexibility index (Phi) is 39.5. The molecule has 0 spiro atoms. The van der Waals surface area contributed by atoms with Crippen molar-refractivity contribution in [2.75, 3.05) is 69.7 Å². The first-order valence-electron chi connectivity index (χ1n) is 37.8. The highest BCUT2D eigenvalue weighted by atomic mass is 16.5. The molecule has 2 saturated heterocycles. The number of hydrogen-bond acceptors (Lipinski definition) is 16. The molecule has 6 amide bonds. The summed E-state index contributed by atoms with van der Waals surface area (Å²) in [6, 6.07) is 14.4. The number of likely N-dealkylation sites (tertiary alicyclic amines) is 2. The quantitative estimate of drug-likeness (QED) is 0.0361. The van der Waals surface area contributed by atoms with Gasteiger partial charge < -0.3 is 70.0 Å². The van der Waals surface area contributed by atoms with Crippen LogP contribution in [-0.4, -0.2) is 225 Å². The zero-order valence-electron chi connectivity index (χ0n) is 66.7. The molecule has 103 heavy (non-hydrogen) atoms. The van der Waals surface area contributed by atoms with Crippen molar-refractivity contribution in [3.8, 4) is 0 Å². The van der Waals surface area contributed by atoms with E-state index in [1.165, 1.54) is 7.11 Å². The van der Waals surface area contributed by atoms with Gasteiger partial charge in [0.25, 0.3) is 0 Å². The van der Waals surface area contributed by atoms with Crippen LogP contribution < -0.4 is 21.3 Å². The molecule has 0 bridgehead atoms. The average molecular weight is 1450 g/mol. The van der Waals surface area contributed by atoms with Gasteiger partial charge in [0.1, 0.15) is 6.04 Å². The Hall–Kier alpha value is -6.21. The lowest BCUT2D eigenvalue weighted by molar-refractivity contribution is -0.149. The van der Waals surface area contributed by atoms with E-state index in [0.29, 0.717) is 31.5 Å². The predicted molar refractivity (Wildman–Crippen MR) is 402 cm³/mol. The molecule has 2 fully saturated rings. The number of likely N-dealkylation sites (N-methyl/N-ethyl adjacent to an activating group) is 4. The normalized spacial score (nSPS) is 19.8. The molecule has 0 unspecified atom stereocenters. The van der Waals surface area contributed by atoms with Crippen molar-refractivity contribution < 1.29 is 72.3 Å². The number of carboxylic acid groups (broad SMARTS) is 1. The highest BCUT2D eigenvalue weighted by molar-refractivity contribution is 5.91. The first-order valence-corrected chi connectivity index (χ1v) is 37.8. The van der Waals surface area contributed by atoms with Crippen LogP contribution in [0.4, 0.5) is 0 Å². The zero-order valence-corrected chi connectivity index (χ0v) is 66.7. The first kappa shape index (κ1) is 91.0. The summed E-state index contributed by atoms with van der Waals surface area (Å²) in [5, 5.41) is 32.5. The topological polar surface area (TPSA) is 292 Å². The molecule has 2 aliphatic heterocycles. The number of carboxylic acids is 1. The zero-order chi connectivity index (χ0) is 77.9. The van der Waals surface area contributed by atoms with E-state index in [4.69, 9.17) is 18.9 Å². The molecular weight excluding hydrogens is 1310 g/mol. The maximum absolute atomic E-state index is 14.2. The Morgan fingerprint density at radius 1 is 0.524 bits per heavy atom. The molecule has 2 aromatic rings. The van der Waals surface area contributed by atoms with Crippen molar-refractivity contribution in [3.63, 3.8) is 0 Å². The van der Waals surface area contributed by atoms with Crippen LogP contribution in [0.3, 0.4) is 0 Å². The summed E-state index contributed by atoms with van der Waals surface area (Å²) in [6.45, 7) is 30.2. The van der Waals surface area contributed by atoms with Crippen LogP contribution in [0.15, 0.2) is 60.7 Å². The standard InChI is InChI=1S/C40H66N4O8.C40H68N4O7/c1-12-26(6)36(43(9)39(48)29(24(2)3)22-32(45)35(41-8)25(4)5)33(51-10)23-34(46)44-20-16-19-31(44)37(52-11)27(7)38(47)42-30(40(49)50)21-28-17-14-13-15-18-28;1-13-26(6)36(43(10)40(49)30(24(2)3)22-32(45)35(41-9)25(4)5)33(50-11)23-34(46)44-21-17-20-31(44)38(51-12)27(7)39(48)42-28(8)37(47)29-18-15-14-16-19-29/h13-15,17-18,24-27,29-31,33,35-37,41H,12,16,19-23H2,1-11H3,(H,42,47)(H,49,50);14-16,18-19,24-28,30-31,33,35-38,41,47H,13,17,20-23H2,1-12H3,(H,42,48)/t26-,27+,29-,30-,31-,33+,35-,36-,37+;26-,27+,28+,30-,31-,33+,35-,36-,37+,38+/m00/s1. The van der Waals surface area contributed by atoms with Gasteiger partial charge in [-0.3, -0.25) is 38.4 Å². The Balaban J connectivity index is 0.000000535. The molecule has 584 valence electrons. The highest BCUT2D eigenvalue weighted by Gasteiger charge is 2.46. The number of carbonyl (C=O) groups excluding carboxylic acids is 8. The number of ether oxygens (including phenoxy) is 4. The molecule has 2 aliphatic rings. The number of nitrogens with one attached hydrogen (secondary N) is 4. The van der Waals surface area contributed by atoms with Gasteiger partial charge in [0.05, 0.1) is 97.5 Å². The highest BCUT2D eigenvalue weighted by Crippen LogP contribution is 2.34. The molecule has 2 aromatic carbocycles. The molecular formula is C80H134N8O15. The van der Waals surface area contributed by atoms with Crippen LogP contribution in [0.1, 0.15) is 185 Å². The third-order valence-corrected chi connectivity index (χ3v) is 22.1. The number of nitrogens with zero attached hydrogens (tertiary/aromatic N) is 4. The second-order valence-electron chi connectivity index (χ2n) is 30.5. The molecule has 0 aliphatic carbocycles. The fourth-order valence-electron chi connectivity index (χ4n) is 15.5. The predicted octanol–water partition coefficient (Wildman–Crippen LogP) is 8.81. The van der Waals surface area contributed by atoms with E-state index >= 15 is 0 Å². The molecule has 23 heteroatoms. The molecule has 0 aromatic heterocycles. The first-order chi connectivity index (χ1) is 48.6. The number of rotatable bonds is 43. The van der Waals surface area contributed by atoms with Crippen molar-refractivity contribution in [2.45, 2.75) is 253 Å². The number of carbonyl (C=O) groups is 9. The lowest BCUT2D eigenvalue weighted by Crippen LogP contribution is -2.55. The van der Waals surface area contributed by atoms with E-state index in [1.807, 2.05) is 130 Å². The van der Waals surface area contributed by atoms with Crippen molar-refractivity contribution in [1.29, 1.82) is 0 Å². The van der Waals surface area contributed by atoms with Crippen LogP contribution in [-0.2, 0) is 68.5 Å². The lowest BCUT2D eigenvalue weighted by atomic mass is 9.84. The summed E-state index contributed by atoms with van der Waals surface area (Å²) in [6.07, 6.45) is 1.42. The Morgan fingerprint density at radius 2 is 0.893 bits per heavy atom. The summed E-state index contributed by atoms with van der Waals surface area (Å²) in [7, 11) is 13.2. The minimum Gasteiger partial charge on any atom is -0.480 e. The van der Waals surface area contributed by atoms with Crippen molar-refractivity contribution in [3.05, 3.63) is 71.8 Å². The van der Waals surface area contributed by atoms with Gasteiger partial charge in [-0.25, -0.2) is 4.79 Å². The Morgan fingerprint density at radius 3 is 1.21 bits per heavy atom. The van der Waals surface area contributed by atoms with E-state index in [2.05, 4.69) is 35.1 Å². The van der Waals surface area contributed by atoms with Gasteiger partial charge in [-0.2, -0.15) is 0 Å². The van der Waals surface area contributed by atoms with Gasteiger partial charge in [-0.05, 0) is 93.3 Å². The van der Waals surface area contributed by atoms with E-state index in [1.54, 1.807) is 89.9 Å². The van der Waals surface area contributed by atoms with Gasteiger partial charge in [0.15, 0.2) is 11.6 Å². The summed E-state index contributed by atoms with van der Waals surface area (Å²) < 4.78 is 23.8. The van der Waals surface area contributed by atoms with Crippen molar-refractivity contribution in [1.82, 2.24) is 40.9 Å². The fraction of sp³-hybridized carbons (Fsp3) is 0.738. The summed E-state index contributed by atoms with van der Waals surface area (Å²) in [4.78, 5) is 129. The van der Waals surface area contributed by atoms with E-state index in [-0.39, 0.29) is 127 Å². The number of aliphatic carboxylic acids is 1. The monoisotopic (exact) mass is 1450 g/mol. The van der Waals surface area contributed by atoms with Crippen LogP contribution in [0.2, 0.25) is 0 Å². The molecule has 6 N–H and O–H groups in total. The molecule has 19 atom stereocenters. The summed E-state index contributed by atoms with van der Waals surface area (Å²) >= 11 is 0. The Bertz CT molecular complexity index is 2940. The number of aliphatic hydroxyl groups is 1. The smallest absolute Gasteiger partial charge is 0.326 e. The van der Waals surface area contributed by atoms with Crippen molar-refractivity contribution >= 4 is 53.0 Å². The van der Waals surface area contributed by atoms with Crippen LogP contribution >= 0.6 is 0 Å². The second-order valence-corrected chi connectivity index (χ2v) is 30.5. The molecule has 0 radical (unpaired) electrons. The van der Waals surface area contributed by atoms with Gasteiger partial charge in [-0.1, -0.05) is 170 Å². The van der Waals surface area contributed by atoms with Crippen LogP contribution in [0.5, 0.6) is 0 Å². The third kappa shape index (κ3) is 25.5. The average Bonchev–Trinajstić information content (AvgIpc) is 1.80.